The molecule has 23 heavy (non-hydrogen) atoms. The van der Waals surface area contributed by atoms with Gasteiger partial charge in [0.05, 0.1) is 9.89 Å². The van der Waals surface area contributed by atoms with Crippen LogP contribution in [0, 0.1) is 6.92 Å². The highest BCUT2D eigenvalue weighted by Crippen LogP contribution is 2.26. The summed E-state index contributed by atoms with van der Waals surface area (Å²) in [6, 6.07) is 17.7. The standard InChI is InChI=1S/C19H15ClN2S/c1-13-4-2-3-5-16(13)19(23)17-7-6-15(12-18(17)20)22-14-8-10-21-11-9-14/h2-12H,1H3,(H,21,22). The van der Waals surface area contributed by atoms with Gasteiger partial charge in [0.2, 0.25) is 0 Å². The Hall–Kier alpha value is -2.23. The molecular formula is C19H15ClN2S. The van der Waals surface area contributed by atoms with Crippen molar-refractivity contribution in [3.05, 3.63) is 88.7 Å². The van der Waals surface area contributed by atoms with Crippen molar-refractivity contribution in [2.75, 3.05) is 5.32 Å². The Morgan fingerprint density at radius 1 is 0.957 bits per heavy atom. The highest BCUT2D eigenvalue weighted by Gasteiger charge is 2.11. The summed E-state index contributed by atoms with van der Waals surface area (Å²) in [7, 11) is 0. The first-order valence-corrected chi connectivity index (χ1v) is 8.01. The molecule has 1 heterocycles. The molecular weight excluding hydrogens is 324 g/mol. The average molecular weight is 339 g/mol. The van der Waals surface area contributed by atoms with Crippen LogP contribution in [0.25, 0.3) is 0 Å². The Labute approximate surface area is 146 Å². The SMILES string of the molecule is Cc1ccccc1C(=S)c1ccc(Nc2ccncc2)cc1Cl. The van der Waals surface area contributed by atoms with Crippen LogP contribution in [0.1, 0.15) is 16.7 Å². The van der Waals surface area contributed by atoms with Crippen molar-refractivity contribution in [1.29, 1.82) is 0 Å². The molecule has 0 saturated carbocycles. The molecule has 2 aromatic carbocycles. The molecule has 4 heteroatoms. The van der Waals surface area contributed by atoms with E-state index in [0.717, 1.165) is 32.9 Å². The van der Waals surface area contributed by atoms with Gasteiger partial charge in [-0.1, -0.05) is 48.1 Å². The summed E-state index contributed by atoms with van der Waals surface area (Å²) in [5, 5.41) is 3.93. The van der Waals surface area contributed by atoms with Gasteiger partial charge in [0.15, 0.2) is 0 Å². The highest BCUT2D eigenvalue weighted by atomic mass is 35.5. The van der Waals surface area contributed by atoms with E-state index in [0.29, 0.717) is 5.02 Å². The molecule has 0 aliphatic heterocycles. The highest BCUT2D eigenvalue weighted by molar-refractivity contribution is 7.81. The van der Waals surface area contributed by atoms with Gasteiger partial charge in [0, 0.05) is 29.3 Å². The number of anilines is 2. The average Bonchev–Trinajstić information content (AvgIpc) is 2.56. The fraction of sp³-hybridized carbons (Fsp3) is 0.0526. The van der Waals surface area contributed by atoms with E-state index < -0.39 is 0 Å². The Kier molecular flexibility index (Phi) is 4.70. The lowest BCUT2D eigenvalue weighted by molar-refractivity contribution is 1.32. The van der Waals surface area contributed by atoms with Crippen LogP contribution in [0.15, 0.2) is 67.0 Å². The molecule has 114 valence electrons. The van der Waals surface area contributed by atoms with Crippen LogP contribution in [0.3, 0.4) is 0 Å². The summed E-state index contributed by atoms with van der Waals surface area (Å²) < 4.78 is 0. The van der Waals surface area contributed by atoms with Crippen molar-refractivity contribution in [3.63, 3.8) is 0 Å². The van der Waals surface area contributed by atoms with Crippen molar-refractivity contribution in [2.24, 2.45) is 0 Å². The van der Waals surface area contributed by atoms with Gasteiger partial charge in [-0.05, 0) is 48.4 Å². The minimum absolute atomic E-state index is 0.636. The van der Waals surface area contributed by atoms with Gasteiger partial charge in [-0.3, -0.25) is 4.98 Å². The number of hydrogen-bond acceptors (Lipinski definition) is 3. The van der Waals surface area contributed by atoms with Gasteiger partial charge in [0.1, 0.15) is 0 Å². The molecule has 0 saturated heterocycles. The van der Waals surface area contributed by atoms with Gasteiger partial charge < -0.3 is 5.32 Å². The summed E-state index contributed by atoms with van der Waals surface area (Å²) in [6.45, 7) is 2.05. The molecule has 3 aromatic rings. The lowest BCUT2D eigenvalue weighted by atomic mass is 10.00. The molecule has 1 aromatic heterocycles. The van der Waals surface area contributed by atoms with Crippen molar-refractivity contribution >= 4 is 40.1 Å². The summed E-state index contributed by atoms with van der Waals surface area (Å²) in [5.41, 5.74) is 4.94. The lowest BCUT2D eigenvalue weighted by Crippen LogP contribution is -2.03. The van der Waals surface area contributed by atoms with Crippen LogP contribution in [-0.2, 0) is 0 Å². The van der Waals surface area contributed by atoms with Crippen LogP contribution >= 0.6 is 23.8 Å². The Morgan fingerprint density at radius 3 is 2.39 bits per heavy atom. The van der Waals surface area contributed by atoms with E-state index >= 15 is 0 Å². The van der Waals surface area contributed by atoms with Crippen molar-refractivity contribution in [2.45, 2.75) is 6.92 Å². The summed E-state index contributed by atoms with van der Waals surface area (Å²) in [4.78, 5) is 4.77. The maximum absolute atomic E-state index is 6.45. The van der Waals surface area contributed by atoms with E-state index in [1.54, 1.807) is 12.4 Å². The Morgan fingerprint density at radius 2 is 1.70 bits per heavy atom. The number of benzene rings is 2. The molecule has 0 aliphatic rings. The second-order valence-electron chi connectivity index (χ2n) is 5.20. The van der Waals surface area contributed by atoms with Crippen LogP contribution in [0.5, 0.6) is 0 Å². The van der Waals surface area contributed by atoms with E-state index in [4.69, 9.17) is 23.8 Å². The smallest absolute Gasteiger partial charge is 0.0539 e. The maximum atomic E-state index is 6.45. The van der Waals surface area contributed by atoms with E-state index in [1.165, 1.54) is 0 Å². The van der Waals surface area contributed by atoms with Crippen molar-refractivity contribution in [3.8, 4) is 0 Å². The molecule has 0 spiro atoms. The zero-order chi connectivity index (χ0) is 16.2. The summed E-state index contributed by atoms with van der Waals surface area (Å²) in [6.07, 6.45) is 3.48. The van der Waals surface area contributed by atoms with Crippen LogP contribution < -0.4 is 5.32 Å². The zero-order valence-corrected chi connectivity index (χ0v) is 14.2. The molecule has 0 atom stereocenters. The van der Waals surface area contributed by atoms with Gasteiger partial charge in [0.25, 0.3) is 0 Å². The first-order chi connectivity index (χ1) is 11.1. The number of rotatable bonds is 4. The van der Waals surface area contributed by atoms with Gasteiger partial charge in [-0.2, -0.15) is 0 Å². The number of thiocarbonyl (C=S) groups is 1. The number of aryl methyl sites for hydroxylation is 1. The molecule has 0 unspecified atom stereocenters. The third-order valence-electron chi connectivity index (χ3n) is 3.57. The molecule has 0 aliphatic carbocycles. The van der Waals surface area contributed by atoms with E-state index in [2.05, 4.69) is 23.3 Å². The molecule has 2 nitrogen and oxygen atoms in total. The number of pyridine rings is 1. The molecule has 0 amide bonds. The van der Waals surface area contributed by atoms with E-state index in [9.17, 15) is 0 Å². The van der Waals surface area contributed by atoms with Gasteiger partial charge in [-0.25, -0.2) is 0 Å². The minimum atomic E-state index is 0.636. The summed E-state index contributed by atoms with van der Waals surface area (Å²) >= 11 is 12.1. The second-order valence-corrected chi connectivity index (χ2v) is 6.02. The van der Waals surface area contributed by atoms with Gasteiger partial charge in [-0.15, -0.1) is 0 Å². The monoisotopic (exact) mass is 338 g/mol. The number of nitrogens with one attached hydrogen (secondary N) is 1. The number of halogens is 1. The van der Waals surface area contributed by atoms with Gasteiger partial charge >= 0.3 is 0 Å². The van der Waals surface area contributed by atoms with E-state index in [1.807, 2.05) is 48.5 Å². The maximum Gasteiger partial charge on any atom is 0.0539 e. The quantitative estimate of drug-likeness (QED) is 0.498. The predicted octanol–water partition coefficient (Wildman–Crippen LogP) is 5.55. The first kappa shape index (κ1) is 15.7. The van der Waals surface area contributed by atoms with Crippen molar-refractivity contribution in [1.82, 2.24) is 4.98 Å². The zero-order valence-electron chi connectivity index (χ0n) is 12.6. The van der Waals surface area contributed by atoms with E-state index in [-0.39, 0.29) is 0 Å². The fourth-order valence-corrected chi connectivity index (χ4v) is 3.09. The number of hydrogen-bond donors (Lipinski definition) is 1. The fourth-order valence-electron chi connectivity index (χ4n) is 2.35. The largest absolute Gasteiger partial charge is 0.355 e. The molecule has 1 N–H and O–H groups in total. The van der Waals surface area contributed by atoms with Crippen LogP contribution in [-0.4, -0.2) is 9.85 Å². The number of aromatic nitrogens is 1. The van der Waals surface area contributed by atoms with Crippen LogP contribution in [0.4, 0.5) is 11.4 Å². The first-order valence-electron chi connectivity index (χ1n) is 7.22. The molecule has 0 radical (unpaired) electrons. The molecule has 3 rings (SSSR count). The van der Waals surface area contributed by atoms with Crippen LogP contribution in [0.2, 0.25) is 5.02 Å². The third-order valence-corrected chi connectivity index (χ3v) is 4.32. The minimum Gasteiger partial charge on any atom is -0.355 e. The molecule has 0 fully saturated rings. The predicted molar refractivity (Wildman–Crippen MR) is 101 cm³/mol. The Balaban J connectivity index is 1.88. The topological polar surface area (TPSA) is 24.9 Å². The van der Waals surface area contributed by atoms with Crippen molar-refractivity contribution < 1.29 is 0 Å². The lowest BCUT2D eigenvalue weighted by Gasteiger charge is -2.12. The Bertz CT molecular complexity index is 847. The second kappa shape index (κ2) is 6.90. The molecule has 0 bridgehead atoms. The number of nitrogens with zero attached hydrogens (tertiary/aromatic N) is 1. The third kappa shape index (κ3) is 3.58. The summed E-state index contributed by atoms with van der Waals surface area (Å²) in [5.74, 6) is 0. The normalized spacial score (nSPS) is 10.3.